The minimum atomic E-state index is -0.230. The number of hydrogen-bond donors (Lipinski definition) is 1. The molecule has 2 aromatic heterocycles. The van der Waals surface area contributed by atoms with E-state index in [1.165, 1.54) is 0 Å². The van der Waals surface area contributed by atoms with Gasteiger partial charge in [-0.3, -0.25) is 4.79 Å². The van der Waals surface area contributed by atoms with Crippen molar-refractivity contribution >= 4 is 17.7 Å². The Balaban J connectivity index is 1.32. The number of benzene rings is 1. The number of rotatable bonds is 6. The monoisotopic (exact) mass is 384 g/mol. The smallest absolute Gasteiger partial charge is 0.273 e. The zero-order valence-corrected chi connectivity index (χ0v) is 15.9. The van der Waals surface area contributed by atoms with Crippen molar-refractivity contribution in [2.75, 3.05) is 6.26 Å². The second-order valence-electron chi connectivity index (χ2n) is 6.64. The summed E-state index contributed by atoms with van der Waals surface area (Å²) in [6.07, 6.45) is 3.57. The lowest BCUT2D eigenvalue weighted by molar-refractivity contribution is 0.0894. The summed E-state index contributed by atoms with van der Waals surface area (Å²) in [5.41, 5.74) is 1.17. The molecule has 3 aromatic rings. The van der Waals surface area contributed by atoms with Crippen LogP contribution in [0.4, 0.5) is 0 Å². The van der Waals surface area contributed by atoms with E-state index in [4.69, 9.17) is 8.94 Å². The van der Waals surface area contributed by atoms with Gasteiger partial charge in [-0.1, -0.05) is 35.5 Å². The van der Waals surface area contributed by atoms with Crippen molar-refractivity contribution in [2.24, 2.45) is 0 Å². The maximum Gasteiger partial charge on any atom is 0.273 e. The Hall–Kier alpha value is -2.61. The van der Waals surface area contributed by atoms with Gasteiger partial charge in [0.15, 0.2) is 11.5 Å². The van der Waals surface area contributed by atoms with Crippen molar-refractivity contribution in [3.8, 4) is 11.3 Å². The summed E-state index contributed by atoms with van der Waals surface area (Å²) in [7, 11) is 0. The van der Waals surface area contributed by atoms with E-state index in [-0.39, 0.29) is 28.8 Å². The molecule has 1 aromatic carbocycles. The zero-order chi connectivity index (χ0) is 18.8. The Bertz CT molecular complexity index is 918. The quantitative estimate of drug-likeness (QED) is 0.690. The van der Waals surface area contributed by atoms with E-state index in [0.717, 1.165) is 18.4 Å². The Kier molecular flexibility index (Phi) is 4.98. The van der Waals surface area contributed by atoms with Crippen LogP contribution in [0.15, 0.2) is 45.3 Å². The highest BCUT2D eigenvalue weighted by molar-refractivity contribution is 7.98. The van der Waals surface area contributed by atoms with Crippen LogP contribution in [0.1, 0.15) is 53.2 Å². The van der Waals surface area contributed by atoms with E-state index in [0.29, 0.717) is 17.5 Å². The number of carbonyl (C=O) groups excluding carboxylic acids is 1. The van der Waals surface area contributed by atoms with Crippen LogP contribution < -0.4 is 5.32 Å². The molecule has 0 bridgehead atoms. The summed E-state index contributed by atoms with van der Waals surface area (Å²) in [5, 5.41) is 15.3. The predicted octanol–water partition coefficient (Wildman–Crippen LogP) is 3.82. The maximum absolute atomic E-state index is 12.4. The summed E-state index contributed by atoms with van der Waals surface area (Å²) in [6.45, 7) is 2.04. The summed E-state index contributed by atoms with van der Waals surface area (Å²) in [4.78, 5) is 12.4. The van der Waals surface area contributed by atoms with E-state index in [1.54, 1.807) is 17.8 Å². The summed E-state index contributed by atoms with van der Waals surface area (Å²) < 4.78 is 11.0. The molecule has 0 unspecified atom stereocenters. The lowest BCUT2D eigenvalue weighted by Crippen LogP contribution is -2.43. The average molecular weight is 384 g/mol. The van der Waals surface area contributed by atoms with E-state index in [1.807, 2.05) is 43.5 Å². The molecule has 1 atom stereocenters. The fourth-order valence-corrected chi connectivity index (χ4v) is 3.29. The van der Waals surface area contributed by atoms with Gasteiger partial charge in [-0.25, -0.2) is 0 Å². The van der Waals surface area contributed by atoms with Gasteiger partial charge >= 0.3 is 0 Å². The first kappa shape index (κ1) is 17.8. The van der Waals surface area contributed by atoms with E-state index in [2.05, 4.69) is 20.7 Å². The number of nitrogens with zero attached hydrogens (tertiary/aromatic N) is 3. The van der Waals surface area contributed by atoms with Gasteiger partial charge in [0, 0.05) is 23.6 Å². The molecule has 0 saturated heterocycles. The molecule has 27 heavy (non-hydrogen) atoms. The zero-order valence-electron chi connectivity index (χ0n) is 15.1. The van der Waals surface area contributed by atoms with Crippen LogP contribution in [0.3, 0.4) is 0 Å². The molecule has 4 rings (SSSR count). The van der Waals surface area contributed by atoms with E-state index >= 15 is 0 Å². The fourth-order valence-electron chi connectivity index (χ4n) is 2.99. The molecule has 1 N–H and O–H groups in total. The molecule has 0 radical (unpaired) electrons. The number of aromatic nitrogens is 3. The van der Waals surface area contributed by atoms with Crippen LogP contribution in [-0.2, 0) is 0 Å². The van der Waals surface area contributed by atoms with Gasteiger partial charge in [-0.05, 0) is 26.0 Å². The van der Waals surface area contributed by atoms with Crippen molar-refractivity contribution < 1.29 is 13.7 Å². The fraction of sp³-hybridized carbons (Fsp3) is 0.368. The Morgan fingerprint density at radius 2 is 2.04 bits per heavy atom. The van der Waals surface area contributed by atoms with Crippen LogP contribution in [0.2, 0.25) is 0 Å². The molecule has 1 amide bonds. The Labute approximate surface area is 160 Å². The molecule has 1 aliphatic carbocycles. The van der Waals surface area contributed by atoms with Crippen molar-refractivity contribution in [3.05, 3.63) is 53.9 Å². The molecule has 0 aliphatic heterocycles. The number of carbonyl (C=O) groups is 1. The Morgan fingerprint density at radius 1 is 1.26 bits per heavy atom. The van der Waals surface area contributed by atoms with Gasteiger partial charge in [0.2, 0.25) is 11.8 Å². The van der Waals surface area contributed by atoms with Crippen molar-refractivity contribution in [1.82, 2.24) is 20.7 Å². The molecule has 2 heterocycles. The third-order valence-electron chi connectivity index (χ3n) is 4.78. The molecule has 1 aliphatic rings. The Morgan fingerprint density at radius 3 is 2.78 bits per heavy atom. The third-order valence-corrected chi connectivity index (χ3v) is 5.69. The van der Waals surface area contributed by atoms with Crippen LogP contribution in [0, 0.1) is 0 Å². The molecular weight excluding hydrogens is 364 g/mol. The van der Waals surface area contributed by atoms with Gasteiger partial charge in [0.1, 0.15) is 0 Å². The van der Waals surface area contributed by atoms with Crippen LogP contribution in [-0.4, -0.2) is 33.6 Å². The van der Waals surface area contributed by atoms with Crippen molar-refractivity contribution in [3.63, 3.8) is 0 Å². The summed E-state index contributed by atoms with van der Waals surface area (Å²) >= 11 is 1.67. The first-order chi connectivity index (χ1) is 13.1. The van der Waals surface area contributed by atoms with Crippen molar-refractivity contribution in [1.29, 1.82) is 0 Å². The standard InChI is InChI=1S/C19H20N4O3S/c1-11(27-2)18-21-22-19(25-18)13-8-14(9-13)20-17(24)15-10-16(26-23-15)12-6-4-3-5-7-12/h3-7,10-11,13-14H,8-9H2,1-2H3,(H,20,24)/t11-,13-,14-/m1/s1. The van der Waals surface area contributed by atoms with Crippen LogP contribution in [0.5, 0.6) is 0 Å². The minimum Gasteiger partial charge on any atom is -0.424 e. The first-order valence-corrected chi connectivity index (χ1v) is 10.1. The van der Waals surface area contributed by atoms with E-state index in [9.17, 15) is 4.79 Å². The molecule has 0 spiro atoms. The van der Waals surface area contributed by atoms with Gasteiger partial charge < -0.3 is 14.3 Å². The van der Waals surface area contributed by atoms with Crippen LogP contribution >= 0.6 is 11.8 Å². The van der Waals surface area contributed by atoms with Crippen LogP contribution in [0.25, 0.3) is 11.3 Å². The lowest BCUT2D eigenvalue weighted by Gasteiger charge is -2.33. The number of amides is 1. The largest absolute Gasteiger partial charge is 0.424 e. The molecular formula is C19H20N4O3S. The van der Waals surface area contributed by atoms with Gasteiger partial charge in [0.25, 0.3) is 5.91 Å². The SMILES string of the molecule is CS[C@H](C)c1nnc([C@H]2C[C@H](NC(=O)c3cc(-c4ccccc4)on3)C2)o1. The maximum atomic E-state index is 12.4. The second-order valence-corrected chi connectivity index (χ2v) is 7.82. The topological polar surface area (TPSA) is 94.1 Å². The molecule has 1 fully saturated rings. The summed E-state index contributed by atoms with van der Waals surface area (Å²) in [6, 6.07) is 11.3. The predicted molar refractivity (Wildman–Crippen MR) is 101 cm³/mol. The lowest BCUT2D eigenvalue weighted by atomic mass is 9.80. The minimum absolute atomic E-state index is 0.0766. The average Bonchev–Trinajstić information content (AvgIpc) is 3.34. The molecule has 1 saturated carbocycles. The summed E-state index contributed by atoms with van der Waals surface area (Å²) in [5.74, 6) is 1.85. The number of nitrogens with one attached hydrogen (secondary N) is 1. The van der Waals surface area contributed by atoms with Gasteiger partial charge in [0.05, 0.1) is 5.25 Å². The highest BCUT2D eigenvalue weighted by Crippen LogP contribution is 2.37. The first-order valence-electron chi connectivity index (χ1n) is 8.83. The molecule has 8 heteroatoms. The molecule has 7 nitrogen and oxygen atoms in total. The van der Waals surface area contributed by atoms with E-state index < -0.39 is 0 Å². The second kappa shape index (κ2) is 7.56. The molecule has 140 valence electrons. The number of thioether (sulfide) groups is 1. The highest BCUT2D eigenvalue weighted by Gasteiger charge is 2.36. The van der Waals surface area contributed by atoms with Gasteiger partial charge in [-0.15, -0.1) is 10.2 Å². The van der Waals surface area contributed by atoms with Crippen molar-refractivity contribution in [2.45, 2.75) is 37.0 Å². The van der Waals surface area contributed by atoms with Gasteiger partial charge in [-0.2, -0.15) is 11.8 Å². The highest BCUT2D eigenvalue weighted by atomic mass is 32.2. The number of hydrogen-bond acceptors (Lipinski definition) is 7. The normalized spacial score (nSPS) is 20.1. The third kappa shape index (κ3) is 3.75.